The van der Waals surface area contributed by atoms with E-state index in [-0.39, 0.29) is 6.42 Å². The van der Waals surface area contributed by atoms with Gasteiger partial charge >= 0.3 is 10.4 Å². The maximum Gasteiger partial charge on any atom is 0.397 e. The third-order valence-electron chi connectivity index (χ3n) is 13.5. The molecule has 14 heteroatoms. The summed E-state index contributed by atoms with van der Waals surface area (Å²) in [5, 5.41) is 55.5. The van der Waals surface area contributed by atoms with Crippen LogP contribution in [0.5, 0.6) is 0 Å². The Morgan fingerprint density at radius 3 is 1.37 bits per heavy atom. The molecule has 0 aromatic carbocycles. The average molecular weight is 1020 g/mol. The van der Waals surface area contributed by atoms with E-state index in [1.807, 2.05) is 0 Å². The fourth-order valence-electron chi connectivity index (χ4n) is 9.02. The molecule has 0 bridgehead atoms. The summed E-state index contributed by atoms with van der Waals surface area (Å²) in [6.07, 6.45) is 45.1. The van der Waals surface area contributed by atoms with E-state index in [0.717, 1.165) is 44.9 Å². The summed E-state index contributed by atoms with van der Waals surface area (Å²) >= 11 is 0. The van der Waals surface area contributed by atoms with Crippen LogP contribution in [0.2, 0.25) is 0 Å². The minimum atomic E-state index is -5.13. The number of amides is 1. The largest absolute Gasteiger partial charge is 0.397 e. The molecule has 8 unspecified atom stereocenters. The van der Waals surface area contributed by atoms with E-state index in [1.165, 1.54) is 179 Å². The van der Waals surface area contributed by atoms with Crippen molar-refractivity contribution >= 4 is 16.3 Å². The maximum atomic E-state index is 13.2. The molecule has 70 heavy (non-hydrogen) atoms. The number of aliphatic hydroxyl groups excluding tert-OH is 5. The van der Waals surface area contributed by atoms with Gasteiger partial charge < -0.3 is 40.3 Å². The van der Waals surface area contributed by atoms with E-state index in [4.69, 9.17) is 9.47 Å². The number of carbonyl (C=O) groups is 1. The number of carbonyl (C=O) groups excluding carboxylic acids is 1. The summed E-state index contributed by atoms with van der Waals surface area (Å²) in [5.74, 6) is -0.712. The zero-order valence-electron chi connectivity index (χ0n) is 44.2. The van der Waals surface area contributed by atoms with Gasteiger partial charge in [-0.2, -0.15) is 8.42 Å². The van der Waals surface area contributed by atoms with E-state index < -0.39 is 78.5 Å². The Kier molecular flexibility index (Phi) is 43.4. The molecule has 0 aromatic heterocycles. The summed E-state index contributed by atoms with van der Waals surface area (Å²) < 4.78 is 47.7. The molecule has 0 aromatic rings. The predicted molar refractivity (Wildman–Crippen MR) is 284 cm³/mol. The number of rotatable bonds is 49. The number of hydrogen-bond acceptors (Lipinski definition) is 11. The summed E-state index contributed by atoms with van der Waals surface area (Å²) in [5.41, 5.74) is 0. The van der Waals surface area contributed by atoms with Crippen molar-refractivity contribution in [1.29, 1.82) is 0 Å². The molecule has 7 N–H and O–H groups in total. The lowest BCUT2D eigenvalue weighted by Crippen LogP contribution is -2.61. The van der Waals surface area contributed by atoms with Gasteiger partial charge in [-0.15, -0.1) is 0 Å². The van der Waals surface area contributed by atoms with Crippen LogP contribution in [-0.4, -0.2) is 107 Å². The van der Waals surface area contributed by atoms with Gasteiger partial charge in [-0.3, -0.25) is 9.35 Å². The van der Waals surface area contributed by atoms with Crippen LogP contribution in [-0.2, 0) is 28.9 Å². The van der Waals surface area contributed by atoms with Crippen LogP contribution in [0.3, 0.4) is 0 Å². The van der Waals surface area contributed by atoms with Crippen molar-refractivity contribution in [3.8, 4) is 0 Å². The van der Waals surface area contributed by atoms with Crippen molar-refractivity contribution in [1.82, 2.24) is 5.32 Å². The van der Waals surface area contributed by atoms with Crippen molar-refractivity contribution in [3.05, 3.63) is 36.5 Å². The first-order valence-corrected chi connectivity index (χ1v) is 29.8. The topological polar surface area (TPSA) is 212 Å². The van der Waals surface area contributed by atoms with Gasteiger partial charge in [0.1, 0.15) is 30.5 Å². The minimum absolute atomic E-state index is 0.237. The second-order valence-corrected chi connectivity index (χ2v) is 21.1. The number of allylic oxidation sites excluding steroid dienone is 5. The number of ether oxygens (including phenoxy) is 2. The molecule has 1 saturated heterocycles. The summed E-state index contributed by atoms with van der Waals surface area (Å²) in [6, 6.07) is -1.14. The van der Waals surface area contributed by atoms with E-state index in [9.17, 15) is 43.3 Å². The highest BCUT2D eigenvalue weighted by Gasteiger charge is 2.48. The van der Waals surface area contributed by atoms with E-state index in [1.54, 1.807) is 6.08 Å². The minimum Gasteiger partial charge on any atom is -0.394 e. The van der Waals surface area contributed by atoms with Gasteiger partial charge in [-0.05, 0) is 44.9 Å². The molecule has 1 rings (SSSR count). The summed E-state index contributed by atoms with van der Waals surface area (Å²) in [4.78, 5) is 13.2. The van der Waals surface area contributed by atoms with Gasteiger partial charge in [-0.1, -0.05) is 243 Å². The van der Waals surface area contributed by atoms with Crippen molar-refractivity contribution in [3.63, 3.8) is 0 Å². The van der Waals surface area contributed by atoms with Crippen molar-refractivity contribution in [2.75, 3.05) is 13.2 Å². The molecule has 0 aliphatic carbocycles. The Morgan fingerprint density at radius 2 is 0.957 bits per heavy atom. The van der Waals surface area contributed by atoms with Gasteiger partial charge in [0.25, 0.3) is 0 Å². The van der Waals surface area contributed by atoms with Crippen molar-refractivity contribution in [2.45, 2.75) is 300 Å². The first-order valence-electron chi connectivity index (χ1n) is 28.5. The van der Waals surface area contributed by atoms with Crippen LogP contribution in [0.1, 0.15) is 251 Å². The molecule has 0 spiro atoms. The van der Waals surface area contributed by atoms with Crippen LogP contribution in [0.4, 0.5) is 0 Å². The number of nitrogens with one attached hydrogen (secondary N) is 1. The van der Waals surface area contributed by atoms with E-state index in [2.05, 4.69) is 47.7 Å². The van der Waals surface area contributed by atoms with Crippen LogP contribution in [0.15, 0.2) is 36.5 Å². The molecule has 1 aliphatic rings. The fourth-order valence-corrected chi connectivity index (χ4v) is 9.53. The highest BCUT2D eigenvalue weighted by atomic mass is 32.3. The Balaban J connectivity index is 2.48. The van der Waals surface area contributed by atoms with Crippen LogP contribution in [0, 0.1) is 0 Å². The predicted octanol–water partition coefficient (Wildman–Crippen LogP) is 12.0. The third-order valence-corrected chi connectivity index (χ3v) is 14.0. The zero-order valence-corrected chi connectivity index (χ0v) is 45.0. The SMILES string of the molecule is CCCCCCCCCCCC/C=C/CC/C=C/CC/C=C/C(O)C(COC1OC(CO)C(O)C(OS(=O)(=O)O)C1O)NC(=O)C(O)CCCCCCCCCCCCCCCCCCCCCCC. The molecule has 0 saturated carbocycles. The molecule has 0 radical (unpaired) electrons. The van der Waals surface area contributed by atoms with Crippen molar-refractivity contribution < 1.29 is 57.0 Å². The molecule has 1 heterocycles. The molecule has 8 atom stereocenters. The lowest BCUT2D eigenvalue weighted by Gasteiger charge is -2.41. The third kappa shape index (κ3) is 37.1. The molecular formula is C56H105NO12S. The Hall–Kier alpha value is -1.72. The second-order valence-electron chi connectivity index (χ2n) is 20.0. The normalized spacial score (nSPS) is 20.3. The quantitative estimate of drug-likeness (QED) is 0.0172. The fraction of sp³-hybridized carbons (Fsp3) is 0.875. The van der Waals surface area contributed by atoms with Crippen molar-refractivity contribution in [2.24, 2.45) is 0 Å². The smallest absolute Gasteiger partial charge is 0.394 e. The first-order chi connectivity index (χ1) is 33.9. The lowest BCUT2D eigenvalue weighted by molar-refractivity contribution is -0.298. The Bertz CT molecular complexity index is 1400. The molecule has 412 valence electrons. The van der Waals surface area contributed by atoms with Gasteiger partial charge in [0, 0.05) is 0 Å². The van der Waals surface area contributed by atoms with E-state index >= 15 is 0 Å². The van der Waals surface area contributed by atoms with Crippen LogP contribution in [0.25, 0.3) is 0 Å². The molecule has 13 nitrogen and oxygen atoms in total. The Morgan fingerprint density at radius 1 is 0.571 bits per heavy atom. The van der Waals surface area contributed by atoms with Crippen LogP contribution < -0.4 is 5.32 Å². The molecule has 1 aliphatic heterocycles. The monoisotopic (exact) mass is 1020 g/mol. The summed E-state index contributed by atoms with van der Waals surface area (Å²) in [6.45, 7) is 3.24. The van der Waals surface area contributed by atoms with E-state index in [0.29, 0.717) is 12.8 Å². The van der Waals surface area contributed by atoms with Gasteiger partial charge in [0.05, 0.1) is 25.4 Å². The Labute approximate surface area is 427 Å². The maximum absolute atomic E-state index is 13.2. The lowest BCUT2D eigenvalue weighted by atomic mass is 9.99. The highest BCUT2D eigenvalue weighted by molar-refractivity contribution is 7.80. The van der Waals surface area contributed by atoms with Gasteiger partial charge in [0.15, 0.2) is 6.29 Å². The zero-order chi connectivity index (χ0) is 51.3. The second kappa shape index (κ2) is 45.9. The average Bonchev–Trinajstić information content (AvgIpc) is 3.33. The van der Waals surface area contributed by atoms with Gasteiger partial charge in [-0.25, -0.2) is 4.18 Å². The number of unbranched alkanes of at least 4 members (excludes halogenated alkanes) is 32. The number of aliphatic hydroxyl groups is 5. The number of hydrogen-bond donors (Lipinski definition) is 7. The molecule has 1 fully saturated rings. The standard InChI is InChI=1S/C56H105NO12S/c1-3-5-7-9-11-13-15-17-19-21-23-25-27-29-31-33-35-37-39-41-43-45-50(60)55(63)57-48(47-67-56-53(62)54(69-70(64,65)66)52(61)51(46-58)68-56)49(59)44-42-40-38-36-34-32-30-28-26-24-22-20-18-16-14-12-10-8-6-4-2/h26,28,34,36,42,44,48-54,56,58-62H,3-25,27,29-33,35,37-41,43,45-47H2,1-2H3,(H,57,63)(H,64,65,66)/b28-26+,36-34+,44-42+. The highest BCUT2D eigenvalue weighted by Crippen LogP contribution is 2.26. The van der Waals surface area contributed by atoms with Gasteiger partial charge in [0.2, 0.25) is 5.91 Å². The van der Waals surface area contributed by atoms with Crippen LogP contribution >= 0.6 is 0 Å². The molecule has 1 amide bonds. The molecular weight excluding hydrogens is 911 g/mol. The first kappa shape index (κ1) is 66.3. The summed E-state index contributed by atoms with van der Waals surface area (Å²) in [7, 11) is -5.13.